The fraction of sp³-hybridized carbons (Fsp3) is 0.500. The molecule has 1 aliphatic rings. The second-order valence-corrected chi connectivity index (χ2v) is 5.43. The van der Waals surface area contributed by atoms with E-state index in [1.165, 1.54) is 48.8 Å². The van der Waals surface area contributed by atoms with Crippen molar-refractivity contribution in [3.8, 4) is 0 Å². The monoisotopic (exact) mass is 242 g/mol. The fourth-order valence-corrected chi connectivity index (χ4v) is 3.10. The molecule has 1 aromatic carbocycles. The molecular weight excluding hydrogens is 220 g/mol. The lowest BCUT2D eigenvalue weighted by molar-refractivity contribution is 0.367. The number of aromatic nitrogens is 1. The van der Waals surface area contributed by atoms with Crippen molar-refractivity contribution in [3.63, 3.8) is 0 Å². The zero-order chi connectivity index (χ0) is 12.4. The van der Waals surface area contributed by atoms with Crippen molar-refractivity contribution in [2.75, 3.05) is 6.54 Å². The number of fused-ring (bicyclic) bond motifs is 1. The summed E-state index contributed by atoms with van der Waals surface area (Å²) >= 11 is 0. The summed E-state index contributed by atoms with van der Waals surface area (Å²) in [4.78, 5) is 0. The standard InChI is InChI=1S/C16H22N2/c1-13-12-14-6-2-3-8-16(14)18(13)11-9-15-7-4-5-10-17-15/h2-3,6,8,12,15,17H,4-5,7,9-11H2,1H3. The Bertz CT molecular complexity index is 521. The number of hydrogen-bond donors (Lipinski definition) is 1. The summed E-state index contributed by atoms with van der Waals surface area (Å²) in [7, 11) is 0. The third-order valence-corrected chi connectivity index (χ3v) is 4.13. The topological polar surface area (TPSA) is 17.0 Å². The van der Waals surface area contributed by atoms with Gasteiger partial charge in [0.1, 0.15) is 0 Å². The maximum atomic E-state index is 3.64. The first-order valence-electron chi connectivity index (χ1n) is 7.13. The highest BCUT2D eigenvalue weighted by Crippen LogP contribution is 2.20. The molecule has 3 rings (SSSR count). The van der Waals surface area contributed by atoms with Crippen molar-refractivity contribution in [1.82, 2.24) is 9.88 Å². The molecule has 0 radical (unpaired) electrons. The Morgan fingerprint density at radius 1 is 1.28 bits per heavy atom. The van der Waals surface area contributed by atoms with E-state index in [1.807, 2.05) is 0 Å². The second-order valence-electron chi connectivity index (χ2n) is 5.43. The number of nitrogens with zero attached hydrogens (tertiary/aromatic N) is 1. The van der Waals surface area contributed by atoms with E-state index in [0.29, 0.717) is 0 Å². The molecule has 1 N–H and O–H groups in total. The normalized spacial score (nSPS) is 20.4. The fourth-order valence-electron chi connectivity index (χ4n) is 3.10. The van der Waals surface area contributed by atoms with Crippen LogP contribution in [-0.4, -0.2) is 17.2 Å². The Balaban J connectivity index is 1.75. The zero-order valence-electron chi connectivity index (χ0n) is 11.2. The van der Waals surface area contributed by atoms with Crippen LogP contribution in [0.15, 0.2) is 30.3 Å². The number of benzene rings is 1. The van der Waals surface area contributed by atoms with Crippen LogP contribution < -0.4 is 5.32 Å². The van der Waals surface area contributed by atoms with Crippen LogP contribution in [0.1, 0.15) is 31.4 Å². The number of hydrogen-bond acceptors (Lipinski definition) is 1. The molecule has 1 saturated heterocycles. The minimum absolute atomic E-state index is 0.722. The summed E-state index contributed by atoms with van der Waals surface area (Å²) in [5.74, 6) is 0. The van der Waals surface area contributed by atoms with Crippen molar-refractivity contribution >= 4 is 10.9 Å². The molecule has 0 spiro atoms. The minimum Gasteiger partial charge on any atom is -0.345 e. The van der Waals surface area contributed by atoms with E-state index in [-0.39, 0.29) is 0 Å². The first-order valence-corrected chi connectivity index (χ1v) is 7.13. The first kappa shape index (κ1) is 11.8. The van der Waals surface area contributed by atoms with Crippen LogP contribution in [0.25, 0.3) is 10.9 Å². The summed E-state index contributed by atoms with van der Waals surface area (Å²) in [6, 6.07) is 11.7. The molecule has 1 fully saturated rings. The molecule has 2 nitrogen and oxygen atoms in total. The van der Waals surface area contributed by atoms with Crippen LogP contribution in [0.4, 0.5) is 0 Å². The van der Waals surface area contributed by atoms with Crippen molar-refractivity contribution in [1.29, 1.82) is 0 Å². The van der Waals surface area contributed by atoms with Gasteiger partial charge in [-0.15, -0.1) is 0 Å². The number of nitrogens with one attached hydrogen (secondary N) is 1. The van der Waals surface area contributed by atoms with Crippen molar-refractivity contribution in [2.45, 2.75) is 45.2 Å². The molecule has 1 unspecified atom stereocenters. The van der Waals surface area contributed by atoms with Crippen LogP contribution in [0.3, 0.4) is 0 Å². The van der Waals surface area contributed by atoms with Gasteiger partial charge in [-0.3, -0.25) is 0 Å². The van der Waals surface area contributed by atoms with E-state index in [0.717, 1.165) is 12.6 Å². The van der Waals surface area contributed by atoms with Gasteiger partial charge in [0, 0.05) is 23.8 Å². The number of rotatable bonds is 3. The Labute approximate surface area is 109 Å². The van der Waals surface area contributed by atoms with E-state index in [1.54, 1.807) is 0 Å². The molecule has 1 aromatic heterocycles. The quantitative estimate of drug-likeness (QED) is 0.872. The van der Waals surface area contributed by atoms with Gasteiger partial charge in [-0.1, -0.05) is 24.6 Å². The molecule has 0 aliphatic carbocycles. The highest BCUT2D eigenvalue weighted by atomic mass is 15.0. The van der Waals surface area contributed by atoms with Crippen LogP contribution in [0, 0.1) is 6.92 Å². The number of piperidine rings is 1. The number of aryl methyl sites for hydroxylation is 2. The SMILES string of the molecule is Cc1cc2ccccc2n1CCC1CCCCN1. The van der Waals surface area contributed by atoms with Crippen LogP contribution in [0.5, 0.6) is 0 Å². The van der Waals surface area contributed by atoms with Gasteiger partial charge in [-0.25, -0.2) is 0 Å². The molecule has 0 bridgehead atoms. The van der Waals surface area contributed by atoms with Gasteiger partial charge in [0.25, 0.3) is 0 Å². The average Bonchev–Trinajstić information content (AvgIpc) is 2.73. The average molecular weight is 242 g/mol. The Kier molecular flexibility index (Phi) is 3.37. The summed E-state index contributed by atoms with van der Waals surface area (Å²) in [6.45, 7) is 4.56. The molecule has 1 aliphatic heterocycles. The maximum Gasteiger partial charge on any atom is 0.0482 e. The largest absolute Gasteiger partial charge is 0.345 e. The lowest BCUT2D eigenvalue weighted by Crippen LogP contribution is -2.34. The van der Waals surface area contributed by atoms with Gasteiger partial charge in [0.15, 0.2) is 0 Å². The van der Waals surface area contributed by atoms with Gasteiger partial charge >= 0.3 is 0 Å². The molecule has 0 saturated carbocycles. The Morgan fingerprint density at radius 2 is 2.17 bits per heavy atom. The third-order valence-electron chi connectivity index (χ3n) is 4.13. The van der Waals surface area contributed by atoms with E-state index < -0.39 is 0 Å². The van der Waals surface area contributed by atoms with E-state index in [4.69, 9.17) is 0 Å². The first-order chi connectivity index (χ1) is 8.84. The summed E-state index contributed by atoms with van der Waals surface area (Å²) in [6.07, 6.45) is 5.34. The molecule has 96 valence electrons. The van der Waals surface area contributed by atoms with Crippen molar-refractivity contribution in [3.05, 3.63) is 36.0 Å². The van der Waals surface area contributed by atoms with E-state index >= 15 is 0 Å². The third kappa shape index (κ3) is 2.30. The van der Waals surface area contributed by atoms with Crippen molar-refractivity contribution < 1.29 is 0 Å². The number of para-hydroxylation sites is 1. The van der Waals surface area contributed by atoms with Crippen LogP contribution in [-0.2, 0) is 6.54 Å². The summed E-state index contributed by atoms with van der Waals surface area (Å²) in [5, 5.41) is 5.00. The molecule has 18 heavy (non-hydrogen) atoms. The van der Waals surface area contributed by atoms with Gasteiger partial charge in [0.2, 0.25) is 0 Å². The Hall–Kier alpha value is -1.28. The molecule has 1 atom stereocenters. The van der Waals surface area contributed by atoms with Gasteiger partial charge in [-0.05, 0) is 50.2 Å². The lowest BCUT2D eigenvalue weighted by Gasteiger charge is -2.24. The van der Waals surface area contributed by atoms with Gasteiger partial charge in [-0.2, -0.15) is 0 Å². The molecule has 2 heterocycles. The van der Waals surface area contributed by atoms with E-state index in [9.17, 15) is 0 Å². The van der Waals surface area contributed by atoms with Crippen LogP contribution in [0.2, 0.25) is 0 Å². The summed E-state index contributed by atoms with van der Waals surface area (Å²) in [5.41, 5.74) is 2.76. The minimum atomic E-state index is 0.722. The van der Waals surface area contributed by atoms with Gasteiger partial charge < -0.3 is 9.88 Å². The highest BCUT2D eigenvalue weighted by Gasteiger charge is 2.13. The zero-order valence-corrected chi connectivity index (χ0v) is 11.2. The van der Waals surface area contributed by atoms with E-state index in [2.05, 4.69) is 47.1 Å². The molecule has 2 heteroatoms. The second kappa shape index (κ2) is 5.15. The predicted octanol–water partition coefficient (Wildman–Crippen LogP) is 3.48. The smallest absolute Gasteiger partial charge is 0.0482 e. The molecular formula is C16H22N2. The predicted molar refractivity (Wildman–Crippen MR) is 76.9 cm³/mol. The van der Waals surface area contributed by atoms with Crippen LogP contribution >= 0.6 is 0 Å². The molecule has 2 aromatic rings. The summed E-state index contributed by atoms with van der Waals surface area (Å²) < 4.78 is 2.46. The lowest BCUT2D eigenvalue weighted by atomic mass is 10.0. The van der Waals surface area contributed by atoms with Crippen molar-refractivity contribution in [2.24, 2.45) is 0 Å². The maximum absolute atomic E-state index is 3.64. The Morgan fingerprint density at radius 3 is 3.00 bits per heavy atom. The van der Waals surface area contributed by atoms with Gasteiger partial charge in [0.05, 0.1) is 0 Å². The molecule has 0 amide bonds. The highest BCUT2D eigenvalue weighted by molar-refractivity contribution is 5.81.